The van der Waals surface area contributed by atoms with Gasteiger partial charge in [-0.1, -0.05) is 37.6 Å². The first-order valence-electron chi connectivity index (χ1n) is 4.14. The van der Waals surface area contributed by atoms with Crippen LogP contribution in [0.15, 0.2) is 23.8 Å². The van der Waals surface area contributed by atoms with Crippen LogP contribution in [0.3, 0.4) is 0 Å². The smallest absolute Gasteiger partial charge is 0.0259 e. The molecule has 0 spiro atoms. The fourth-order valence-electron chi connectivity index (χ4n) is 1.29. The standard InChI is InChI=1S/C10H16/c1-9(2)8-10-6-4-3-5-7-10/h4,6-7,9H,3,5,8H2,1-2H3. The number of hydrogen-bond donors (Lipinski definition) is 0. The molecule has 0 aromatic rings. The second kappa shape index (κ2) is 3.60. The molecule has 0 amide bonds. The number of hydrogen-bond acceptors (Lipinski definition) is 0. The van der Waals surface area contributed by atoms with Crippen molar-refractivity contribution in [2.75, 3.05) is 0 Å². The van der Waals surface area contributed by atoms with E-state index < -0.39 is 0 Å². The Kier molecular flexibility index (Phi) is 2.73. The van der Waals surface area contributed by atoms with Crippen molar-refractivity contribution in [3.8, 4) is 0 Å². The van der Waals surface area contributed by atoms with Gasteiger partial charge >= 0.3 is 0 Å². The highest BCUT2D eigenvalue weighted by Crippen LogP contribution is 2.17. The van der Waals surface area contributed by atoms with E-state index in [9.17, 15) is 0 Å². The molecule has 0 radical (unpaired) electrons. The van der Waals surface area contributed by atoms with Crippen LogP contribution in [0.4, 0.5) is 0 Å². The third kappa shape index (κ3) is 2.38. The zero-order valence-electron chi connectivity index (χ0n) is 6.93. The Morgan fingerprint density at radius 2 is 2.20 bits per heavy atom. The molecular formula is C10H16. The van der Waals surface area contributed by atoms with E-state index in [0.717, 1.165) is 5.92 Å². The van der Waals surface area contributed by atoms with Crippen molar-refractivity contribution in [2.45, 2.75) is 33.1 Å². The predicted molar refractivity (Wildman–Crippen MR) is 45.9 cm³/mol. The molecule has 0 saturated carbocycles. The Balaban J connectivity index is 2.40. The molecule has 0 bridgehead atoms. The summed E-state index contributed by atoms with van der Waals surface area (Å²) in [6.45, 7) is 4.53. The molecular weight excluding hydrogens is 120 g/mol. The minimum atomic E-state index is 0.800. The first-order chi connectivity index (χ1) is 4.79. The highest BCUT2D eigenvalue weighted by Gasteiger charge is 1.99. The largest absolute Gasteiger partial charge is 0.0840 e. The maximum atomic E-state index is 2.36. The molecule has 0 heterocycles. The van der Waals surface area contributed by atoms with Crippen molar-refractivity contribution in [1.29, 1.82) is 0 Å². The first kappa shape index (κ1) is 7.59. The van der Waals surface area contributed by atoms with E-state index in [0.29, 0.717) is 0 Å². The lowest BCUT2D eigenvalue weighted by Crippen LogP contribution is -1.91. The SMILES string of the molecule is CC(C)CC1=CCCC=C1. The zero-order chi connectivity index (χ0) is 7.40. The zero-order valence-corrected chi connectivity index (χ0v) is 6.93. The lowest BCUT2D eigenvalue weighted by atomic mass is 9.98. The summed E-state index contributed by atoms with van der Waals surface area (Å²) in [5.41, 5.74) is 1.53. The van der Waals surface area contributed by atoms with E-state index in [-0.39, 0.29) is 0 Å². The van der Waals surface area contributed by atoms with Crippen molar-refractivity contribution in [1.82, 2.24) is 0 Å². The van der Waals surface area contributed by atoms with Crippen LogP contribution >= 0.6 is 0 Å². The molecule has 0 nitrogen and oxygen atoms in total. The van der Waals surface area contributed by atoms with E-state index in [1.54, 1.807) is 0 Å². The second-order valence-electron chi connectivity index (χ2n) is 3.36. The second-order valence-corrected chi connectivity index (χ2v) is 3.36. The monoisotopic (exact) mass is 136 g/mol. The minimum Gasteiger partial charge on any atom is -0.0840 e. The Morgan fingerprint density at radius 3 is 2.70 bits per heavy atom. The summed E-state index contributed by atoms with van der Waals surface area (Å²) in [5.74, 6) is 0.800. The topological polar surface area (TPSA) is 0 Å². The molecule has 1 rings (SSSR count). The summed E-state index contributed by atoms with van der Waals surface area (Å²) in [6, 6.07) is 0. The molecule has 1 aliphatic carbocycles. The van der Waals surface area contributed by atoms with Crippen LogP contribution in [-0.4, -0.2) is 0 Å². The summed E-state index contributed by atoms with van der Waals surface area (Å²) < 4.78 is 0. The van der Waals surface area contributed by atoms with Crippen molar-refractivity contribution >= 4 is 0 Å². The van der Waals surface area contributed by atoms with Crippen LogP contribution in [0.2, 0.25) is 0 Å². The van der Waals surface area contributed by atoms with Gasteiger partial charge in [-0.05, 0) is 25.2 Å². The van der Waals surface area contributed by atoms with Crippen LogP contribution in [0.25, 0.3) is 0 Å². The molecule has 0 unspecified atom stereocenters. The van der Waals surface area contributed by atoms with Gasteiger partial charge < -0.3 is 0 Å². The summed E-state index contributed by atoms with van der Waals surface area (Å²) >= 11 is 0. The summed E-state index contributed by atoms with van der Waals surface area (Å²) in [5, 5.41) is 0. The van der Waals surface area contributed by atoms with Gasteiger partial charge in [0.2, 0.25) is 0 Å². The summed E-state index contributed by atoms with van der Waals surface area (Å²) in [6.07, 6.45) is 10.6. The molecule has 0 fully saturated rings. The van der Waals surface area contributed by atoms with Gasteiger partial charge in [0.05, 0.1) is 0 Å². The van der Waals surface area contributed by atoms with Crippen molar-refractivity contribution in [3.63, 3.8) is 0 Å². The highest BCUT2D eigenvalue weighted by molar-refractivity contribution is 5.22. The molecule has 0 aromatic heterocycles. The molecule has 0 N–H and O–H groups in total. The summed E-state index contributed by atoms with van der Waals surface area (Å²) in [7, 11) is 0. The van der Waals surface area contributed by atoms with Crippen LogP contribution in [-0.2, 0) is 0 Å². The third-order valence-corrected chi connectivity index (χ3v) is 1.72. The number of rotatable bonds is 2. The maximum Gasteiger partial charge on any atom is -0.0259 e. The maximum absolute atomic E-state index is 2.36. The quantitative estimate of drug-likeness (QED) is 0.546. The van der Waals surface area contributed by atoms with Crippen LogP contribution < -0.4 is 0 Å². The van der Waals surface area contributed by atoms with Crippen LogP contribution in [0.1, 0.15) is 33.1 Å². The molecule has 0 atom stereocenters. The van der Waals surface area contributed by atoms with Crippen LogP contribution in [0.5, 0.6) is 0 Å². The molecule has 1 aliphatic rings. The third-order valence-electron chi connectivity index (χ3n) is 1.72. The van der Waals surface area contributed by atoms with Gasteiger partial charge in [-0.3, -0.25) is 0 Å². The lowest BCUT2D eigenvalue weighted by molar-refractivity contribution is 0.646. The Hall–Kier alpha value is -0.520. The van der Waals surface area contributed by atoms with Crippen molar-refractivity contribution in [3.05, 3.63) is 23.8 Å². The molecule has 10 heavy (non-hydrogen) atoms. The molecule has 0 aromatic carbocycles. The van der Waals surface area contributed by atoms with Crippen LogP contribution in [0, 0.1) is 5.92 Å². The van der Waals surface area contributed by atoms with Gasteiger partial charge in [0.1, 0.15) is 0 Å². The Morgan fingerprint density at radius 1 is 1.40 bits per heavy atom. The summed E-state index contributed by atoms with van der Waals surface area (Å²) in [4.78, 5) is 0. The predicted octanol–water partition coefficient (Wildman–Crippen LogP) is 3.31. The average molecular weight is 136 g/mol. The fraction of sp³-hybridized carbons (Fsp3) is 0.600. The minimum absolute atomic E-state index is 0.800. The first-order valence-corrected chi connectivity index (χ1v) is 4.14. The molecule has 0 aliphatic heterocycles. The van der Waals surface area contributed by atoms with Gasteiger partial charge in [-0.25, -0.2) is 0 Å². The van der Waals surface area contributed by atoms with E-state index in [1.807, 2.05) is 0 Å². The van der Waals surface area contributed by atoms with E-state index >= 15 is 0 Å². The Labute approximate surface area is 63.6 Å². The van der Waals surface area contributed by atoms with Gasteiger partial charge in [0, 0.05) is 0 Å². The number of allylic oxidation sites excluding steroid dienone is 4. The van der Waals surface area contributed by atoms with E-state index in [2.05, 4.69) is 32.1 Å². The highest BCUT2D eigenvalue weighted by atomic mass is 14.0. The van der Waals surface area contributed by atoms with Gasteiger partial charge in [0.15, 0.2) is 0 Å². The van der Waals surface area contributed by atoms with E-state index in [1.165, 1.54) is 24.8 Å². The van der Waals surface area contributed by atoms with Crippen molar-refractivity contribution < 1.29 is 0 Å². The van der Waals surface area contributed by atoms with E-state index in [4.69, 9.17) is 0 Å². The van der Waals surface area contributed by atoms with Gasteiger partial charge in [-0.15, -0.1) is 0 Å². The molecule has 0 heteroatoms. The van der Waals surface area contributed by atoms with Crippen molar-refractivity contribution in [2.24, 2.45) is 5.92 Å². The Bertz CT molecular complexity index is 149. The van der Waals surface area contributed by atoms with Gasteiger partial charge in [0.25, 0.3) is 0 Å². The fourth-order valence-corrected chi connectivity index (χ4v) is 1.29. The molecule has 56 valence electrons. The average Bonchev–Trinajstić information content (AvgIpc) is 1.88. The molecule has 0 saturated heterocycles. The lowest BCUT2D eigenvalue weighted by Gasteiger charge is -2.08. The van der Waals surface area contributed by atoms with Gasteiger partial charge in [-0.2, -0.15) is 0 Å². The normalized spacial score (nSPS) is 17.7.